The van der Waals surface area contributed by atoms with Crippen LogP contribution in [0.3, 0.4) is 0 Å². The smallest absolute Gasteiger partial charge is 0.272 e. The zero-order valence-electron chi connectivity index (χ0n) is 11.0. The van der Waals surface area contributed by atoms with Crippen LogP contribution in [-0.2, 0) is 10.0 Å². The Balaban J connectivity index is 1.71. The molecule has 2 N–H and O–H groups in total. The molecule has 0 radical (unpaired) electrons. The van der Waals surface area contributed by atoms with Gasteiger partial charge in [-0.2, -0.15) is 4.31 Å². The Kier molecular flexibility index (Phi) is 3.69. The third kappa shape index (κ3) is 2.80. The highest BCUT2D eigenvalue weighted by Crippen LogP contribution is 2.22. The van der Waals surface area contributed by atoms with Gasteiger partial charge in [0.2, 0.25) is 15.4 Å². The molecule has 0 aliphatic carbocycles. The quantitative estimate of drug-likeness (QED) is 0.795. The molecule has 1 aliphatic rings. The van der Waals surface area contributed by atoms with Gasteiger partial charge in [0.1, 0.15) is 0 Å². The zero-order valence-corrected chi connectivity index (χ0v) is 12.6. The number of rotatable bonds is 3. The van der Waals surface area contributed by atoms with E-state index in [9.17, 15) is 8.42 Å². The van der Waals surface area contributed by atoms with Crippen LogP contribution in [-0.4, -0.2) is 59.1 Å². The van der Waals surface area contributed by atoms with Gasteiger partial charge >= 0.3 is 0 Å². The average molecular weight is 327 g/mol. The van der Waals surface area contributed by atoms with E-state index in [0.717, 1.165) is 11.3 Å². The highest BCUT2D eigenvalue weighted by atomic mass is 32.2. The number of piperazine rings is 1. The molecule has 0 unspecified atom stereocenters. The number of anilines is 2. The predicted molar refractivity (Wildman–Crippen MR) is 77.3 cm³/mol. The maximum absolute atomic E-state index is 12.4. The number of hydrogen-bond acceptors (Lipinski definition) is 9. The van der Waals surface area contributed by atoms with E-state index in [0.29, 0.717) is 32.1 Å². The fourth-order valence-electron chi connectivity index (χ4n) is 2.02. The normalized spacial score (nSPS) is 17.0. The van der Waals surface area contributed by atoms with Crippen molar-refractivity contribution in [2.45, 2.75) is 4.34 Å². The van der Waals surface area contributed by atoms with Crippen LogP contribution in [0.4, 0.5) is 11.1 Å². The van der Waals surface area contributed by atoms with Crippen molar-refractivity contribution < 1.29 is 8.42 Å². The minimum absolute atomic E-state index is 0.0654. The van der Waals surface area contributed by atoms with Gasteiger partial charge in [-0.1, -0.05) is 11.3 Å². The van der Waals surface area contributed by atoms with Crippen molar-refractivity contribution in [1.29, 1.82) is 0 Å². The molecule has 2 aromatic rings. The molecule has 9 nitrogen and oxygen atoms in total. The monoisotopic (exact) mass is 327 g/mol. The van der Waals surface area contributed by atoms with Crippen molar-refractivity contribution in [2.24, 2.45) is 0 Å². The summed E-state index contributed by atoms with van der Waals surface area (Å²) in [5.41, 5.74) is 5.44. The van der Waals surface area contributed by atoms with E-state index >= 15 is 0 Å². The average Bonchev–Trinajstić information content (AvgIpc) is 2.96. The van der Waals surface area contributed by atoms with Gasteiger partial charge in [-0.3, -0.25) is 0 Å². The van der Waals surface area contributed by atoms with Crippen molar-refractivity contribution in [1.82, 2.24) is 24.5 Å². The van der Waals surface area contributed by atoms with Gasteiger partial charge in [-0.15, -0.1) is 10.2 Å². The molecule has 2 aromatic heterocycles. The number of aromatic nitrogens is 4. The van der Waals surface area contributed by atoms with Crippen LogP contribution >= 0.6 is 11.3 Å². The Bertz CT molecular complexity index is 710. The Morgan fingerprint density at radius 3 is 2.33 bits per heavy atom. The number of nitrogens with zero attached hydrogens (tertiary/aromatic N) is 6. The molecule has 3 heterocycles. The Morgan fingerprint density at radius 1 is 1.10 bits per heavy atom. The summed E-state index contributed by atoms with van der Waals surface area (Å²) in [6, 6.07) is 1.74. The third-order valence-corrected chi connectivity index (χ3v) is 6.05. The molecule has 0 spiro atoms. The van der Waals surface area contributed by atoms with E-state index in [1.165, 1.54) is 4.31 Å². The lowest BCUT2D eigenvalue weighted by Gasteiger charge is -2.33. The number of nitrogen functional groups attached to an aromatic ring is 1. The molecule has 0 amide bonds. The van der Waals surface area contributed by atoms with E-state index in [2.05, 4.69) is 20.2 Å². The summed E-state index contributed by atoms with van der Waals surface area (Å²) in [5.74, 6) is 0.606. The van der Waals surface area contributed by atoms with Crippen LogP contribution in [0.5, 0.6) is 0 Å². The Hall–Kier alpha value is -1.85. The summed E-state index contributed by atoms with van der Waals surface area (Å²) < 4.78 is 26.1. The SMILES string of the molecule is Nc1nnc(S(=O)(=O)N2CCN(c3ncccn3)CC2)s1. The maximum Gasteiger partial charge on any atom is 0.272 e. The molecule has 21 heavy (non-hydrogen) atoms. The second kappa shape index (κ2) is 5.50. The molecule has 0 atom stereocenters. The lowest BCUT2D eigenvalue weighted by molar-refractivity contribution is 0.382. The Labute approximate surface area is 125 Å². The highest BCUT2D eigenvalue weighted by Gasteiger charge is 2.31. The fraction of sp³-hybridized carbons (Fsp3) is 0.400. The first kappa shape index (κ1) is 14.1. The highest BCUT2D eigenvalue weighted by molar-refractivity contribution is 7.91. The summed E-state index contributed by atoms with van der Waals surface area (Å²) in [6.07, 6.45) is 3.32. The molecule has 11 heteroatoms. The summed E-state index contributed by atoms with van der Waals surface area (Å²) in [4.78, 5) is 10.3. The topological polar surface area (TPSA) is 118 Å². The minimum atomic E-state index is -3.62. The molecule has 3 rings (SSSR count). The fourth-order valence-corrected chi connectivity index (χ4v) is 4.36. The molecule has 1 aliphatic heterocycles. The van der Waals surface area contributed by atoms with Crippen molar-refractivity contribution in [2.75, 3.05) is 36.8 Å². The van der Waals surface area contributed by atoms with Gasteiger partial charge in [-0.05, 0) is 6.07 Å². The van der Waals surface area contributed by atoms with Crippen molar-refractivity contribution in [3.05, 3.63) is 18.5 Å². The van der Waals surface area contributed by atoms with Gasteiger partial charge in [0.05, 0.1) is 0 Å². The molecule has 0 saturated carbocycles. The van der Waals surface area contributed by atoms with Gasteiger partial charge in [0.15, 0.2) is 0 Å². The maximum atomic E-state index is 12.4. The molecule has 112 valence electrons. The lowest BCUT2D eigenvalue weighted by atomic mass is 10.4. The Morgan fingerprint density at radius 2 is 1.76 bits per heavy atom. The summed E-state index contributed by atoms with van der Waals surface area (Å²) in [7, 11) is -3.62. The van der Waals surface area contributed by atoms with Crippen LogP contribution in [0.15, 0.2) is 22.8 Å². The standard InChI is InChI=1S/C10H13N7O2S2/c11-8-14-15-10(20-8)21(18,19)17-6-4-16(5-7-17)9-12-2-1-3-13-9/h1-3H,4-7H2,(H2,11,14). The summed E-state index contributed by atoms with van der Waals surface area (Å²) in [6.45, 7) is 1.75. The minimum Gasteiger partial charge on any atom is -0.374 e. The van der Waals surface area contributed by atoms with Crippen LogP contribution in [0, 0.1) is 0 Å². The first-order valence-corrected chi connectivity index (χ1v) is 8.44. The largest absolute Gasteiger partial charge is 0.374 e. The summed E-state index contributed by atoms with van der Waals surface area (Å²) in [5, 5.41) is 7.31. The molecular formula is C10H13N7O2S2. The molecule has 1 saturated heterocycles. The third-order valence-electron chi connectivity index (χ3n) is 3.06. The van der Waals surface area contributed by atoms with E-state index < -0.39 is 10.0 Å². The molecule has 1 fully saturated rings. The second-order valence-electron chi connectivity index (χ2n) is 4.35. The van der Waals surface area contributed by atoms with Gasteiger partial charge in [0, 0.05) is 38.6 Å². The molecule has 0 aromatic carbocycles. The van der Waals surface area contributed by atoms with Crippen molar-refractivity contribution in [3.63, 3.8) is 0 Å². The molecular weight excluding hydrogens is 314 g/mol. The van der Waals surface area contributed by atoms with Crippen LogP contribution in [0.25, 0.3) is 0 Å². The van der Waals surface area contributed by atoms with E-state index in [-0.39, 0.29) is 9.47 Å². The predicted octanol–water partition coefficient (Wildman–Crippen LogP) is -0.579. The first-order chi connectivity index (χ1) is 10.1. The first-order valence-electron chi connectivity index (χ1n) is 6.18. The van der Waals surface area contributed by atoms with E-state index in [1.807, 2.05) is 4.90 Å². The van der Waals surface area contributed by atoms with Crippen LogP contribution < -0.4 is 10.6 Å². The van der Waals surface area contributed by atoms with Gasteiger partial charge < -0.3 is 10.6 Å². The van der Waals surface area contributed by atoms with Crippen molar-refractivity contribution >= 4 is 32.4 Å². The van der Waals surface area contributed by atoms with E-state index in [4.69, 9.17) is 5.73 Å². The zero-order chi connectivity index (χ0) is 14.9. The number of hydrogen-bond donors (Lipinski definition) is 1. The second-order valence-corrected chi connectivity index (χ2v) is 7.47. The van der Waals surface area contributed by atoms with Crippen molar-refractivity contribution in [3.8, 4) is 0 Å². The van der Waals surface area contributed by atoms with Gasteiger partial charge in [-0.25, -0.2) is 18.4 Å². The molecule has 0 bridgehead atoms. The van der Waals surface area contributed by atoms with Crippen LogP contribution in [0.1, 0.15) is 0 Å². The van der Waals surface area contributed by atoms with Gasteiger partial charge in [0.25, 0.3) is 10.0 Å². The summed E-state index contributed by atoms with van der Waals surface area (Å²) >= 11 is 0.873. The van der Waals surface area contributed by atoms with Crippen LogP contribution in [0.2, 0.25) is 0 Å². The number of sulfonamides is 1. The lowest BCUT2D eigenvalue weighted by Crippen LogP contribution is -2.49. The number of nitrogens with two attached hydrogens (primary N) is 1. The van der Waals surface area contributed by atoms with E-state index in [1.54, 1.807) is 18.5 Å².